The van der Waals surface area contributed by atoms with Crippen molar-refractivity contribution in [2.75, 3.05) is 40.3 Å². The maximum atomic E-state index is 6.00. The Morgan fingerprint density at radius 3 is 2.41 bits per heavy atom. The predicted molar refractivity (Wildman–Crippen MR) is 118 cm³/mol. The summed E-state index contributed by atoms with van der Waals surface area (Å²) >= 11 is 0. The van der Waals surface area contributed by atoms with E-state index in [0.29, 0.717) is 6.54 Å². The second kappa shape index (κ2) is 10.7. The smallest absolute Gasteiger partial charge is 0.191 e. The highest BCUT2D eigenvalue weighted by Crippen LogP contribution is 2.26. The Bertz CT molecular complexity index is 655. The Hall–Kier alpha value is -1.99. The van der Waals surface area contributed by atoms with Gasteiger partial charge in [-0.2, -0.15) is 0 Å². The van der Waals surface area contributed by atoms with Crippen LogP contribution in [-0.2, 0) is 4.74 Å². The standard InChI is InChI=1S/C22H38N4O3/c1-16(29-20-11-9-8-10-19(20)27-7)12-24-21(23-6)25-15-22(4,5)26-13-17(2)28-18(3)14-26/h8-11,16-18H,12-15H2,1-7H3,(H2,23,24,25). The van der Waals surface area contributed by atoms with E-state index < -0.39 is 0 Å². The average molecular weight is 407 g/mol. The molecule has 0 saturated carbocycles. The SMILES string of the molecule is CN=C(NCC(C)Oc1ccccc1OC)NCC(C)(C)N1CC(C)OC(C)C1. The molecule has 29 heavy (non-hydrogen) atoms. The van der Waals surface area contributed by atoms with Crippen molar-refractivity contribution in [3.8, 4) is 11.5 Å². The van der Waals surface area contributed by atoms with E-state index in [1.165, 1.54) is 0 Å². The second-order valence-electron chi connectivity index (χ2n) is 8.36. The van der Waals surface area contributed by atoms with E-state index in [1.54, 1.807) is 14.2 Å². The monoisotopic (exact) mass is 406 g/mol. The molecule has 0 amide bonds. The number of guanidine groups is 1. The van der Waals surface area contributed by atoms with E-state index in [2.05, 4.69) is 48.2 Å². The number of rotatable bonds is 8. The van der Waals surface area contributed by atoms with Gasteiger partial charge in [0, 0.05) is 32.2 Å². The van der Waals surface area contributed by atoms with Crippen LogP contribution in [0.3, 0.4) is 0 Å². The van der Waals surface area contributed by atoms with Crippen LogP contribution in [0.5, 0.6) is 11.5 Å². The molecule has 7 heteroatoms. The Balaban J connectivity index is 1.82. The minimum Gasteiger partial charge on any atom is -0.493 e. The van der Waals surface area contributed by atoms with Gasteiger partial charge in [-0.25, -0.2) is 0 Å². The molecule has 2 rings (SSSR count). The fraction of sp³-hybridized carbons (Fsp3) is 0.682. The van der Waals surface area contributed by atoms with Crippen LogP contribution >= 0.6 is 0 Å². The van der Waals surface area contributed by atoms with Crippen molar-refractivity contribution in [1.82, 2.24) is 15.5 Å². The summed E-state index contributed by atoms with van der Waals surface area (Å²) in [6.07, 6.45) is 0.464. The van der Waals surface area contributed by atoms with Crippen molar-refractivity contribution in [2.24, 2.45) is 4.99 Å². The van der Waals surface area contributed by atoms with Gasteiger partial charge in [-0.3, -0.25) is 9.89 Å². The van der Waals surface area contributed by atoms with Gasteiger partial charge in [-0.05, 0) is 46.8 Å². The van der Waals surface area contributed by atoms with E-state index in [-0.39, 0.29) is 23.9 Å². The third-order valence-electron chi connectivity index (χ3n) is 5.14. The molecular formula is C22H38N4O3. The summed E-state index contributed by atoms with van der Waals surface area (Å²) in [6, 6.07) is 7.67. The molecule has 1 fully saturated rings. The van der Waals surface area contributed by atoms with Crippen LogP contribution in [-0.4, -0.2) is 75.0 Å². The van der Waals surface area contributed by atoms with Crippen LogP contribution in [0, 0.1) is 0 Å². The van der Waals surface area contributed by atoms with Gasteiger partial charge in [0.2, 0.25) is 0 Å². The fourth-order valence-electron chi connectivity index (χ4n) is 3.52. The lowest BCUT2D eigenvalue weighted by atomic mass is 10.00. The zero-order chi connectivity index (χ0) is 21.4. The summed E-state index contributed by atoms with van der Waals surface area (Å²) in [6.45, 7) is 14.1. The maximum absolute atomic E-state index is 6.00. The van der Waals surface area contributed by atoms with Crippen molar-refractivity contribution >= 4 is 5.96 Å². The molecule has 3 atom stereocenters. The molecule has 3 unspecified atom stereocenters. The molecule has 1 saturated heterocycles. The molecule has 0 aliphatic carbocycles. The van der Waals surface area contributed by atoms with Crippen LogP contribution in [0.25, 0.3) is 0 Å². The minimum absolute atomic E-state index is 0.0105. The molecule has 1 heterocycles. The molecule has 0 spiro atoms. The minimum atomic E-state index is -0.0428. The molecule has 0 radical (unpaired) electrons. The molecule has 1 aromatic rings. The van der Waals surface area contributed by atoms with Crippen molar-refractivity contribution in [1.29, 1.82) is 0 Å². The lowest BCUT2D eigenvalue weighted by Crippen LogP contribution is -2.59. The van der Waals surface area contributed by atoms with Crippen molar-refractivity contribution < 1.29 is 14.2 Å². The first-order valence-electron chi connectivity index (χ1n) is 10.4. The molecule has 7 nitrogen and oxygen atoms in total. The summed E-state index contributed by atoms with van der Waals surface area (Å²) in [4.78, 5) is 6.84. The van der Waals surface area contributed by atoms with Crippen molar-refractivity contribution in [2.45, 2.75) is 58.5 Å². The van der Waals surface area contributed by atoms with Gasteiger partial charge >= 0.3 is 0 Å². The van der Waals surface area contributed by atoms with Crippen LogP contribution in [0.4, 0.5) is 0 Å². The van der Waals surface area contributed by atoms with Crippen LogP contribution in [0.15, 0.2) is 29.3 Å². The Kier molecular flexibility index (Phi) is 8.59. The van der Waals surface area contributed by atoms with Crippen molar-refractivity contribution in [3.63, 3.8) is 0 Å². The number of methoxy groups -OCH3 is 1. The number of nitrogens with one attached hydrogen (secondary N) is 2. The van der Waals surface area contributed by atoms with Gasteiger partial charge in [0.05, 0.1) is 25.9 Å². The highest BCUT2D eigenvalue weighted by atomic mass is 16.5. The number of morpholine rings is 1. The van der Waals surface area contributed by atoms with Crippen LogP contribution in [0.2, 0.25) is 0 Å². The molecule has 164 valence electrons. The number of para-hydroxylation sites is 2. The first-order valence-corrected chi connectivity index (χ1v) is 10.4. The summed E-state index contributed by atoms with van der Waals surface area (Å²) in [7, 11) is 3.43. The summed E-state index contributed by atoms with van der Waals surface area (Å²) in [5.74, 6) is 2.24. The number of hydrogen-bond donors (Lipinski definition) is 2. The molecule has 0 bridgehead atoms. The normalized spacial score (nSPS) is 22.1. The van der Waals surface area contributed by atoms with Gasteiger partial charge in [0.1, 0.15) is 6.10 Å². The summed E-state index contributed by atoms with van der Waals surface area (Å²) in [5, 5.41) is 6.80. The summed E-state index contributed by atoms with van der Waals surface area (Å²) < 4.78 is 17.2. The van der Waals surface area contributed by atoms with E-state index in [0.717, 1.165) is 37.1 Å². The molecule has 1 aliphatic rings. The Morgan fingerprint density at radius 2 is 1.83 bits per heavy atom. The molecule has 1 aliphatic heterocycles. The largest absolute Gasteiger partial charge is 0.493 e. The van der Waals surface area contributed by atoms with Crippen molar-refractivity contribution in [3.05, 3.63) is 24.3 Å². The maximum Gasteiger partial charge on any atom is 0.191 e. The Labute approximate surface area is 175 Å². The topological polar surface area (TPSA) is 67.4 Å². The zero-order valence-electron chi connectivity index (χ0n) is 19.0. The fourth-order valence-corrected chi connectivity index (χ4v) is 3.52. The van der Waals surface area contributed by atoms with Gasteiger partial charge in [0.25, 0.3) is 0 Å². The number of nitrogens with zero attached hydrogens (tertiary/aromatic N) is 2. The van der Waals surface area contributed by atoms with E-state index in [4.69, 9.17) is 14.2 Å². The highest BCUT2D eigenvalue weighted by molar-refractivity contribution is 5.79. The van der Waals surface area contributed by atoms with Gasteiger partial charge in [-0.15, -0.1) is 0 Å². The lowest BCUT2D eigenvalue weighted by molar-refractivity contribution is -0.0946. The number of hydrogen-bond acceptors (Lipinski definition) is 5. The predicted octanol–water partition coefficient (Wildman–Crippen LogP) is 2.52. The zero-order valence-corrected chi connectivity index (χ0v) is 19.0. The summed E-state index contributed by atoms with van der Waals surface area (Å²) in [5.41, 5.74) is -0.0105. The highest BCUT2D eigenvalue weighted by Gasteiger charge is 2.33. The third-order valence-corrected chi connectivity index (χ3v) is 5.14. The molecule has 1 aromatic carbocycles. The first-order chi connectivity index (χ1) is 13.7. The average Bonchev–Trinajstić information content (AvgIpc) is 2.67. The second-order valence-corrected chi connectivity index (χ2v) is 8.36. The first kappa shape index (κ1) is 23.3. The van der Waals surface area contributed by atoms with E-state index >= 15 is 0 Å². The van der Waals surface area contributed by atoms with E-state index in [1.807, 2.05) is 31.2 Å². The number of benzene rings is 1. The van der Waals surface area contributed by atoms with Crippen LogP contribution < -0.4 is 20.1 Å². The lowest BCUT2D eigenvalue weighted by Gasteiger charge is -2.45. The molecule has 2 N–H and O–H groups in total. The molecule has 0 aromatic heterocycles. The van der Waals surface area contributed by atoms with Crippen LogP contribution in [0.1, 0.15) is 34.6 Å². The Morgan fingerprint density at radius 1 is 1.21 bits per heavy atom. The van der Waals surface area contributed by atoms with Gasteiger partial charge < -0.3 is 24.8 Å². The third kappa shape index (κ3) is 7.08. The van der Waals surface area contributed by atoms with Gasteiger partial charge in [0.15, 0.2) is 17.5 Å². The number of ether oxygens (including phenoxy) is 3. The van der Waals surface area contributed by atoms with E-state index in [9.17, 15) is 0 Å². The quantitative estimate of drug-likeness (QED) is 0.511. The van der Waals surface area contributed by atoms with Gasteiger partial charge in [-0.1, -0.05) is 12.1 Å². The number of aliphatic imine (C=N–C) groups is 1. The molecular weight excluding hydrogens is 368 g/mol.